The number of thiazole rings is 1. The first-order valence-corrected chi connectivity index (χ1v) is 12.5. The number of amides is 2. The number of β-lactam (4-membered cyclic amide) rings is 1. The number of oxime groups is 1. The lowest BCUT2D eigenvalue weighted by molar-refractivity contribution is -0.150. The molecule has 2 aromatic heterocycles. The summed E-state index contributed by atoms with van der Waals surface area (Å²) in [6.45, 7) is 0. The van der Waals surface area contributed by atoms with E-state index in [0.717, 1.165) is 4.34 Å². The highest BCUT2D eigenvalue weighted by Gasteiger charge is 2.54. The maximum atomic E-state index is 12.8. The molecule has 0 aromatic carbocycles. The van der Waals surface area contributed by atoms with Crippen molar-refractivity contribution in [2.75, 3.05) is 18.6 Å². The Balaban J connectivity index is 1.49. The van der Waals surface area contributed by atoms with Crippen molar-refractivity contribution in [3.63, 3.8) is 0 Å². The van der Waals surface area contributed by atoms with Crippen LogP contribution in [0.2, 0.25) is 0 Å². The minimum atomic E-state index is -1.18. The molecule has 2 aliphatic heterocycles. The number of hydrogen-bond donors (Lipinski definition) is 2. The highest BCUT2D eigenvalue weighted by atomic mass is 32.2. The van der Waals surface area contributed by atoms with Gasteiger partial charge in [-0.05, 0) is 5.57 Å². The highest BCUT2D eigenvalue weighted by molar-refractivity contribution is 8.01. The molecule has 0 aliphatic carbocycles. The zero-order chi connectivity index (χ0) is 22.0. The van der Waals surface area contributed by atoms with Crippen LogP contribution in [-0.2, 0) is 19.2 Å². The van der Waals surface area contributed by atoms with Gasteiger partial charge in [-0.3, -0.25) is 14.5 Å². The van der Waals surface area contributed by atoms with Crippen LogP contribution in [0.5, 0.6) is 0 Å². The monoisotopic (exact) mass is 498 g/mol. The Bertz CT molecular complexity index is 1050. The largest absolute Gasteiger partial charge is 0.477 e. The molecule has 1 fully saturated rings. The SMILES string of the molecule is CON=C(C(=O)NC1C(=O)N2C(C(=O)O)=C(CSc3nncs3)CS[C@@H]12)c1cscn1. The van der Waals surface area contributed by atoms with Crippen molar-refractivity contribution in [3.8, 4) is 0 Å². The number of fused-ring (bicyclic) bond motifs is 1. The first-order chi connectivity index (χ1) is 15.0. The van der Waals surface area contributed by atoms with Crippen molar-refractivity contribution < 1.29 is 24.3 Å². The van der Waals surface area contributed by atoms with E-state index in [-0.39, 0.29) is 11.4 Å². The number of carboxylic acid groups (broad SMARTS) is 1. The zero-order valence-corrected chi connectivity index (χ0v) is 19.0. The van der Waals surface area contributed by atoms with E-state index in [1.807, 2.05) is 0 Å². The van der Waals surface area contributed by atoms with Gasteiger partial charge in [0.1, 0.15) is 35.4 Å². The summed E-state index contributed by atoms with van der Waals surface area (Å²) in [6, 6.07) is -0.870. The zero-order valence-electron chi connectivity index (χ0n) is 15.8. The Labute approximate surface area is 192 Å². The van der Waals surface area contributed by atoms with Gasteiger partial charge in [-0.2, -0.15) is 0 Å². The maximum absolute atomic E-state index is 12.8. The number of nitrogens with zero attached hydrogens (tertiary/aromatic N) is 5. The lowest BCUT2D eigenvalue weighted by atomic mass is 10.0. The Morgan fingerprint density at radius 3 is 2.94 bits per heavy atom. The Morgan fingerprint density at radius 2 is 2.29 bits per heavy atom. The van der Waals surface area contributed by atoms with Gasteiger partial charge in [-0.15, -0.1) is 33.3 Å². The van der Waals surface area contributed by atoms with Gasteiger partial charge in [0.05, 0.1) is 5.51 Å². The normalized spacial score (nSPS) is 20.9. The van der Waals surface area contributed by atoms with Crippen molar-refractivity contribution in [2.24, 2.45) is 5.16 Å². The van der Waals surface area contributed by atoms with Crippen molar-refractivity contribution in [1.29, 1.82) is 0 Å². The van der Waals surface area contributed by atoms with E-state index in [1.54, 1.807) is 16.4 Å². The molecule has 2 atom stereocenters. The molecule has 4 heterocycles. The number of carboxylic acids is 1. The van der Waals surface area contributed by atoms with Crippen LogP contribution in [0.4, 0.5) is 0 Å². The summed E-state index contributed by atoms with van der Waals surface area (Å²) in [5.41, 5.74) is 3.99. The minimum Gasteiger partial charge on any atom is -0.477 e. The molecular formula is C16H14N6O5S4. The first kappa shape index (κ1) is 21.7. The number of nitrogens with one attached hydrogen (secondary N) is 1. The molecule has 2 amide bonds. The topological polar surface area (TPSA) is 147 Å². The van der Waals surface area contributed by atoms with Crippen LogP contribution in [0.3, 0.4) is 0 Å². The fourth-order valence-corrected chi connectivity index (χ4v) is 6.51. The van der Waals surface area contributed by atoms with Crippen LogP contribution in [0, 0.1) is 0 Å². The fourth-order valence-electron chi connectivity index (χ4n) is 3.00. The molecule has 2 aromatic rings. The highest BCUT2D eigenvalue weighted by Crippen LogP contribution is 2.41. The van der Waals surface area contributed by atoms with Gasteiger partial charge in [0, 0.05) is 16.9 Å². The lowest BCUT2D eigenvalue weighted by Crippen LogP contribution is -2.71. The number of hydrogen-bond acceptors (Lipinski definition) is 12. The van der Waals surface area contributed by atoms with Crippen LogP contribution in [-0.4, -0.2) is 78.7 Å². The molecule has 2 N–H and O–H groups in total. The predicted molar refractivity (Wildman–Crippen MR) is 116 cm³/mol. The van der Waals surface area contributed by atoms with Gasteiger partial charge < -0.3 is 15.3 Å². The summed E-state index contributed by atoms with van der Waals surface area (Å²) in [6.07, 6.45) is 0. The molecule has 0 bridgehead atoms. The van der Waals surface area contributed by atoms with Gasteiger partial charge in [-0.25, -0.2) is 9.78 Å². The van der Waals surface area contributed by atoms with Gasteiger partial charge in [0.25, 0.3) is 11.8 Å². The third-order valence-electron chi connectivity index (χ3n) is 4.32. The second-order valence-corrected chi connectivity index (χ2v) is 9.99. The van der Waals surface area contributed by atoms with Crippen molar-refractivity contribution in [1.82, 2.24) is 25.4 Å². The van der Waals surface area contributed by atoms with Crippen LogP contribution in [0.1, 0.15) is 5.69 Å². The molecule has 11 nitrogen and oxygen atoms in total. The Morgan fingerprint density at radius 1 is 1.45 bits per heavy atom. The van der Waals surface area contributed by atoms with Gasteiger partial charge in [0.15, 0.2) is 10.1 Å². The van der Waals surface area contributed by atoms with E-state index in [4.69, 9.17) is 4.84 Å². The fraction of sp³-hybridized carbons (Fsp3) is 0.312. The summed E-state index contributed by atoms with van der Waals surface area (Å²) >= 11 is 5.41. The van der Waals surface area contributed by atoms with E-state index in [0.29, 0.717) is 22.8 Å². The predicted octanol–water partition coefficient (Wildman–Crippen LogP) is 0.876. The number of rotatable bonds is 8. The van der Waals surface area contributed by atoms with Crippen LogP contribution in [0.25, 0.3) is 0 Å². The average molecular weight is 499 g/mol. The maximum Gasteiger partial charge on any atom is 0.352 e. The Kier molecular flexibility index (Phi) is 6.54. The minimum absolute atomic E-state index is 0.0402. The van der Waals surface area contributed by atoms with Gasteiger partial charge in [0.2, 0.25) is 0 Å². The quantitative estimate of drug-likeness (QED) is 0.233. The molecule has 2 aliphatic rings. The van der Waals surface area contributed by atoms with E-state index in [2.05, 4.69) is 25.7 Å². The molecule has 1 unspecified atom stereocenters. The summed E-state index contributed by atoms with van der Waals surface area (Å²) in [7, 11) is 1.30. The van der Waals surface area contributed by atoms with E-state index >= 15 is 0 Å². The number of thioether (sulfide) groups is 2. The number of carbonyl (C=O) groups is 3. The summed E-state index contributed by atoms with van der Waals surface area (Å²) in [4.78, 5) is 47.4. The molecule has 162 valence electrons. The van der Waals surface area contributed by atoms with E-state index < -0.39 is 29.2 Å². The number of aliphatic carboxylic acids is 1. The summed E-state index contributed by atoms with van der Waals surface area (Å²) in [5.74, 6) is -1.49. The van der Waals surface area contributed by atoms with Gasteiger partial charge in [-0.1, -0.05) is 28.3 Å². The van der Waals surface area contributed by atoms with Crippen molar-refractivity contribution >= 4 is 69.7 Å². The molecule has 31 heavy (non-hydrogen) atoms. The van der Waals surface area contributed by atoms with Crippen molar-refractivity contribution in [3.05, 3.63) is 33.4 Å². The van der Waals surface area contributed by atoms with Crippen molar-refractivity contribution in [2.45, 2.75) is 15.8 Å². The second kappa shape index (κ2) is 9.33. The smallest absolute Gasteiger partial charge is 0.352 e. The molecule has 0 spiro atoms. The second-order valence-electron chi connectivity index (χ2n) is 6.11. The molecular weight excluding hydrogens is 484 g/mol. The molecule has 4 rings (SSSR count). The third-order valence-corrected chi connectivity index (χ3v) is 8.19. The molecule has 0 saturated carbocycles. The van der Waals surface area contributed by atoms with Crippen LogP contribution in [0.15, 0.2) is 37.2 Å². The van der Waals surface area contributed by atoms with Crippen LogP contribution >= 0.6 is 46.2 Å². The summed E-state index contributed by atoms with van der Waals surface area (Å²) < 4.78 is 0.719. The lowest BCUT2D eigenvalue weighted by Gasteiger charge is -2.49. The van der Waals surface area contributed by atoms with Crippen LogP contribution < -0.4 is 5.32 Å². The average Bonchev–Trinajstić information content (AvgIpc) is 3.47. The number of aromatic nitrogens is 3. The van der Waals surface area contributed by atoms with E-state index in [9.17, 15) is 19.5 Å². The first-order valence-electron chi connectivity index (χ1n) is 8.60. The standard InChI is InChI=1S/C16H14N6O5S4/c1-27-21-9(8-4-28-5-17-8)12(23)19-10-13(24)22-11(15(25)26)7(2-29-14(10)22)3-30-16-20-18-6-31-16/h4-6,10,14H,2-3H2,1H3,(H,19,23)(H,25,26)/t10?,14-/m0/s1. The van der Waals surface area contributed by atoms with E-state index in [1.165, 1.54) is 58.2 Å². The summed E-state index contributed by atoms with van der Waals surface area (Å²) in [5, 5.41) is 24.9. The molecule has 15 heteroatoms. The Hall–Kier alpha value is -2.49. The molecule has 0 radical (unpaired) electrons. The van der Waals surface area contributed by atoms with Gasteiger partial charge >= 0.3 is 5.97 Å². The molecule has 1 saturated heterocycles. The number of carbonyl (C=O) groups excluding carboxylic acids is 2. The third kappa shape index (κ3) is 4.30.